The largest absolute Gasteiger partial charge is 0.383 e. The number of nitrogens with zero attached hydrogens (tertiary/aromatic N) is 3. The molecule has 1 aliphatic carbocycles. The van der Waals surface area contributed by atoms with Crippen LogP contribution in [0, 0.1) is 44.0 Å². The Morgan fingerprint density at radius 3 is 2.32 bits per heavy atom. The highest BCUT2D eigenvalue weighted by molar-refractivity contribution is 5.35. The van der Waals surface area contributed by atoms with Crippen LogP contribution in [0.4, 0.5) is 4.39 Å². The van der Waals surface area contributed by atoms with Gasteiger partial charge in [0.25, 0.3) is 0 Å². The van der Waals surface area contributed by atoms with Crippen molar-refractivity contribution >= 4 is 0 Å². The Morgan fingerprint density at radius 1 is 1.32 bits per heavy atom. The van der Waals surface area contributed by atoms with E-state index in [4.69, 9.17) is 0 Å². The highest BCUT2D eigenvalue weighted by Crippen LogP contribution is 2.51. The minimum Gasteiger partial charge on any atom is -0.383 e. The van der Waals surface area contributed by atoms with Crippen LogP contribution >= 0.6 is 0 Å². The van der Waals surface area contributed by atoms with Crippen LogP contribution in [0.25, 0.3) is 0 Å². The quantitative estimate of drug-likeness (QED) is 0.664. The topological polar surface area (TPSA) is 111 Å². The smallest absolute Gasteiger partial charge is 0.250 e. The first kappa shape index (κ1) is 15.9. The molecule has 1 aliphatic rings. The number of hydrogen-bond donors (Lipinski definition) is 1. The second kappa shape index (κ2) is 5.36. The van der Waals surface area contributed by atoms with Crippen molar-refractivity contribution in [1.82, 2.24) is 0 Å². The molecule has 1 N–H and O–H groups in total. The fourth-order valence-electron chi connectivity index (χ4n) is 3.14. The number of benzene rings is 1. The standard InChI is InChI=1S/C15H14FN3O3/c1-14(20)6-7-15(8-17,9-18)12(13(14)19(21)22)10-2-4-11(16)5-3-10/h2-5,12-13,20H,6-7H2,1H3/t12-,13-,14+/m0/s1. The van der Waals surface area contributed by atoms with Crippen molar-refractivity contribution in [3.05, 3.63) is 45.8 Å². The Labute approximate surface area is 126 Å². The van der Waals surface area contributed by atoms with Gasteiger partial charge in [-0.1, -0.05) is 12.1 Å². The van der Waals surface area contributed by atoms with Crippen LogP contribution in [0.2, 0.25) is 0 Å². The van der Waals surface area contributed by atoms with Gasteiger partial charge in [-0.3, -0.25) is 10.1 Å². The lowest BCUT2D eigenvalue weighted by Gasteiger charge is -2.42. The van der Waals surface area contributed by atoms with Gasteiger partial charge < -0.3 is 5.11 Å². The molecule has 0 aliphatic heterocycles. The van der Waals surface area contributed by atoms with E-state index in [1.807, 2.05) is 12.1 Å². The normalized spacial score (nSPS) is 30.0. The van der Waals surface area contributed by atoms with Gasteiger partial charge in [-0.15, -0.1) is 0 Å². The molecule has 1 aromatic carbocycles. The average molecular weight is 303 g/mol. The van der Waals surface area contributed by atoms with E-state index in [1.165, 1.54) is 19.1 Å². The Hall–Kier alpha value is -2.51. The molecule has 6 nitrogen and oxygen atoms in total. The van der Waals surface area contributed by atoms with Crippen molar-refractivity contribution in [3.63, 3.8) is 0 Å². The highest BCUT2D eigenvalue weighted by Gasteiger charge is 2.61. The van der Waals surface area contributed by atoms with E-state index < -0.39 is 33.7 Å². The summed E-state index contributed by atoms with van der Waals surface area (Å²) in [5.74, 6) is -1.66. The first-order valence-corrected chi connectivity index (χ1v) is 6.71. The first-order chi connectivity index (χ1) is 10.3. The molecule has 0 bridgehead atoms. The van der Waals surface area contributed by atoms with Crippen LogP contribution in [0.15, 0.2) is 24.3 Å². The number of nitriles is 2. The van der Waals surface area contributed by atoms with Crippen molar-refractivity contribution in [2.45, 2.75) is 37.3 Å². The molecule has 1 saturated carbocycles. The number of hydrogen-bond acceptors (Lipinski definition) is 5. The van der Waals surface area contributed by atoms with E-state index in [9.17, 15) is 30.1 Å². The SMILES string of the molecule is C[C@@]1(O)CCC(C#N)(C#N)[C@@H](c2ccc(F)cc2)[C@@H]1[N+](=O)[O-]. The third kappa shape index (κ3) is 2.40. The van der Waals surface area contributed by atoms with Gasteiger partial charge in [-0.25, -0.2) is 4.39 Å². The van der Waals surface area contributed by atoms with Gasteiger partial charge in [0, 0.05) is 4.92 Å². The average Bonchev–Trinajstić information content (AvgIpc) is 2.47. The van der Waals surface area contributed by atoms with E-state index in [0.29, 0.717) is 5.56 Å². The fourth-order valence-corrected chi connectivity index (χ4v) is 3.14. The summed E-state index contributed by atoms with van der Waals surface area (Å²) in [5.41, 5.74) is -2.98. The van der Waals surface area contributed by atoms with E-state index in [-0.39, 0.29) is 12.8 Å². The second-order valence-corrected chi connectivity index (χ2v) is 5.81. The number of rotatable bonds is 2. The predicted molar refractivity (Wildman–Crippen MR) is 73.4 cm³/mol. The molecule has 0 amide bonds. The van der Waals surface area contributed by atoms with Crippen molar-refractivity contribution in [3.8, 4) is 12.1 Å². The fraction of sp³-hybridized carbons (Fsp3) is 0.467. The van der Waals surface area contributed by atoms with Gasteiger partial charge in [0.15, 0.2) is 5.41 Å². The molecule has 0 saturated heterocycles. The maximum Gasteiger partial charge on any atom is 0.250 e. The molecular weight excluding hydrogens is 289 g/mol. The number of aliphatic hydroxyl groups is 1. The Morgan fingerprint density at radius 2 is 1.86 bits per heavy atom. The summed E-state index contributed by atoms with van der Waals surface area (Å²) in [4.78, 5) is 10.8. The minimum absolute atomic E-state index is 0.0133. The van der Waals surface area contributed by atoms with Crippen LogP contribution in [0.1, 0.15) is 31.2 Å². The molecule has 0 unspecified atom stereocenters. The lowest BCUT2D eigenvalue weighted by molar-refractivity contribution is -0.555. The highest BCUT2D eigenvalue weighted by atomic mass is 19.1. The van der Waals surface area contributed by atoms with Crippen LogP contribution in [0.3, 0.4) is 0 Å². The zero-order valence-electron chi connectivity index (χ0n) is 11.9. The van der Waals surface area contributed by atoms with Crippen LogP contribution in [-0.4, -0.2) is 21.7 Å². The lowest BCUT2D eigenvalue weighted by atomic mass is 9.59. The molecule has 1 fully saturated rings. The number of nitro groups is 1. The van der Waals surface area contributed by atoms with Crippen LogP contribution in [-0.2, 0) is 0 Å². The van der Waals surface area contributed by atoms with Crippen LogP contribution in [0.5, 0.6) is 0 Å². The Balaban J connectivity index is 2.66. The van der Waals surface area contributed by atoms with Gasteiger partial charge >= 0.3 is 0 Å². The van der Waals surface area contributed by atoms with E-state index in [2.05, 4.69) is 0 Å². The minimum atomic E-state index is -1.65. The third-order valence-corrected chi connectivity index (χ3v) is 4.36. The molecule has 0 spiro atoms. The van der Waals surface area contributed by atoms with Crippen molar-refractivity contribution in [1.29, 1.82) is 10.5 Å². The summed E-state index contributed by atoms with van der Waals surface area (Å²) in [6.07, 6.45) is -0.0170. The zero-order chi connectivity index (χ0) is 16.5. The van der Waals surface area contributed by atoms with Gasteiger partial charge in [0.1, 0.15) is 11.4 Å². The maximum atomic E-state index is 13.1. The molecule has 0 heterocycles. The molecule has 1 aromatic rings. The Kier molecular flexibility index (Phi) is 3.87. The summed E-state index contributed by atoms with van der Waals surface area (Å²) in [6, 6.07) is 7.12. The van der Waals surface area contributed by atoms with Crippen molar-refractivity contribution < 1.29 is 14.4 Å². The second-order valence-electron chi connectivity index (χ2n) is 5.81. The molecule has 0 radical (unpaired) electrons. The van der Waals surface area contributed by atoms with Crippen molar-refractivity contribution in [2.75, 3.05) is 0 Å². The van der Waals surface area contributed by atoms with E-state index in [1.54, 1.807) is 0 Å². The molecule has 3 atom stereocenters. The molecular formula is C15H14FN3O3. The lowest BCUT2D eigenvalue weighted by Crippen LogP contribution is -2.56. The van der Waals surface area contributed by atoms with Gasteiger partial charge in [0.2, 0.25) is 6.04 Å². The number of halogens is 1. The summed E-state index contributed by atoms with van der Waals surface area (Å²) in [6.45, 7) is 1.33. The van der Waals surface area contributed by atoms with E-state index >= 15 is 0 Å². The molecule has 0 aromatic heterocycles. The predicted octanol–water partition coefficient (Wildman–Crippen LogP) is 2.13. The molecule has 114 valence electrons. The summed E-state index contributed by atoms with van der Waals surface area (Å²) >= 11 is 0. The molecule has 22 heavy (non-hydrogen) atoms. The van der Waals surface area contributed by atoms with E-state index in [0.717, 1.165) is 12.1 Å². The zero-order valence-corrected chi connectivity index (χ0v) is 11.9. The summed E-state index contributed by atoms with van der Waals surface area (Å²) in [7, 11) is 0. The first-order valence-electron chi connectivity index (χ1n) is 6.71. The summed E-state index contributed by atoms with van der Waals surface area (Å²) in [5, 5.41) is 40.8. The van der Waals surface area contributed by atoms with Crippen molar-refractivity contribution in [2.24, 2.45) is 5.41 Å². The monoisotopic (exact) mass is 303 g/mol. The molecule has 2 rings (SSSR count). The Bertz CT molecular complexity index is 659. The van der Waals surface area contributed by atoms with Gasteiger partial charge in [-0.2, -0.15) is 10.5 Å². The summed E-state index contributed by atoms with van der Waals surface area (Å²) < 4.78 is 13.1. The third-order valence-electron chi connectivity index (χ3n) is 4.36. The maximum absolute atomic E-state index is 13.1. The molecule has 7 heteroatoms. The van der Waals surface area contributed by atoms with Crippen LogP contribution < -0.4 is 0 Å². The van der Waals surface area contributed by atoms with Gasteiger partial charge in [-0.05, 0) is 37.5 Å². The van der Waals surface area contributed by atoms with Gasteiger partial charge in [0.05, 0.1) is 18.1 Å².